The van der Waals surface area contributed by atoms with Gasteiger partial charge in [-0.15, -0.1) is 11.3 Å². The van der Waals surface area contributed by atoms with Gasteiger partial charge < -0.3 is 15.2 Å². The SMILES string of the molecule is Cc1c(C)c2c(c(C)c1O)CCC(C)(C(=O)Nc1ccc(N(C=N)c3cccs3)cc1)O2. The number of phenolic OH excluding ortho intramolecular Hbond substituents is 1. The smallest absolute Gasteiger partial charge is 0.268 e. The molecule has 0 bridgehead atoms. The number of nitrogens with zero attached hydrogens (tertiary/aromatic N) is 1. The molecule has 4 rings (SSSR count). The van der Waals surface area contributed by atoms with Gasteiger partial charge in [0.25, 0.3) is 5.91 Å². The highest BCUT2D eigenvalue weighted by Crippen LogP contribution is 2.43. The molecule has 1 aromatic heterocycles. The van der Waals surface area contributed by atoms with E-state index in [0.717, 1.165) is 32.9 Å². The minimum absolute atomic E-state index is 0.208. The van der Waals surface area contributed by atoms with Crippen molar-refractivity contribution >= 4 is 40.0 Å². The monoisotopic (exact) mass is 449 g/mol. The second-order valence-electron chi connectivity index (χ2n) is 8.32. The minimum atomic E-state index is -1.01. The Morgan fingerprint density at radius 3 is 2.53 bits per heavy atom. The molecular weight excluding hydrogens is 422 g/mol. The number of benzene rings is 2. The molecule has 0 saturated carbocycles. The summed E-state index contributed by atoms with van der Waals surface area (Å²) < 4.78 is 6.27. The molecule has 0 aliphatic carbocycles. The highest BCUT2D eigenvalue weighted by atomic mass is 32.1. The molecule has 1 amide bonds. The van der Waals surface area contributed by atoms with Crippen LogP contribution in [0, 0.1) is 26.2 Å². The van der Waals surface area contributed by atoms with Crippen molar-refractivity contribution < 1.29 is 14.6 Å². The average Bonchev–Trinajstić information content (AvgIpc) is 3.32. The number of rotatable bonds is 5. The van der Waals surface area contributed by atoms with Gasteiger partial charge in [-0.1, -0.05) is 0 Å². The maximum absolute atomic E-state index is 13.2. The van der Waals surface area contributed by atoms with Crippen LogP contribution in [0.4, 0.5) is 16.4 Å². The number of ether oxygens (including phenoxy) is 1. The molecule has 166 valence electrons. The van der Waals surface area contributed by atoms with E-state index in [4.69, 9.17) is 10.1 Å². The van der Waals surface area contributed by atoms with E-state index in [1.165, 1.54) is 6.34 Å². The lowest BCUT2D eigenvalue weighted by Gasteiger charge is -2.36. The fourth-order valence-corrected chi connectivity index (χ4v) is 4.77. The van der Waals surface area contributed by atoms with Gasteiger partial charge in [0.2, 0.25) is 0 Å². The van der Waals surface area contributed by atoms with Crippen molar-refractivity contribution in [2.45, 2.75) is 46.1 Å². The number of carbonyl (C=O) groups excluding carboxylic acids is 1. The van der Waals surface area contributed by atoms with Crippen molar-refractivity contribution in [3.8, 4) is 11.5 Å². The molecule has 32 heavy (non-hydrogen) atoms. The van der Waals surface area contributed by atoms with Gasteiger partial charge in [0.15, 0.2) is 5.60 Å². The Balaban J connectivity index is 1.53. The summed E-state index contributed by atoms with van der Waals surface area (Å²) in [5.41, 5.74) is 3.94. The highest BCUT2D eigenvalue weighted by Gasteiger charge is 2.40. The number of thiophene rings is 1. The minimum Gasteiger partial charge on any atom is -0.507 e. The largest absolute Gasteiger partial charge is 0.507 e. The van der Waals surface area contributed by atoms with Crippen LogP contribution in [0.25, 0.3) is 0 Å². The molecule has 0 spiro atoms. The molecule has 1 unspecified atom stereocenters. The van der Waals surface area contributed by atoms with Crippen LogP contribution in [0.1, 0.15) is 35.6 Å². The summed E-state index contributed by atoms with van der Waals surface area (Å²) in [4.78, 5) is 15.0. The van der Waals surface area contributed by atoms with E-state index in [2.05, 4.69) is 5.32 Å². The van der Waals surface area contributed by atoms with Crippen molar-refractivity contribution in [3.63, 3.8) is 0 Å². The summed E-state index contributed by atoms with van der Waals surface area (Å²) >= 11 is 1.55. The molecule has 6 nitrogen and oxygen atoms in total. The molecule has 2 heterocycles. The number of carbonyl (C=O) groups is 1. The van der Waals surface area contributed by atoms with Gasteiger partial charge in [-0.25, -0.2) is 0 Å². The summed E-state index contributed by atoms with van der Waals surface area (Å²) in [5.74, 6) is 0.801. The molecule has 0 saturated heterocycles. The molecular formula is C25H27N3O3S. The molecule has 1 aliphatic rings. The Kier molecular flexibility index (Phi) is 5.69. The van der Waals surface area contributed by atoms with E-state index in [1.807, 2.05) is 69.5 Å². The third-order valence-electron chi connectivity index (χ3n) is 6.28. The van der Waals surface area contributed by atoms with E-state index in [-0.39, 0.29) is 5.91 Å². The lowest BCUT2D eigenvalue weighted by molar-refractivity contribution is -0.131. The van der Waals surface area contributed by atoms with Gasteiger partial charge in [0.05, 0.1) is 6.34 Å². The van der Waals surface area contributed by atoms with Crippen LogP contribution in [-0.2, 0) is 11.2 Å². The summed E-state index contributed by atoms with van der Waals surface area (Å²) in [6.45, 7) is 7.48. The zero-order valence-corrected chi connectivity index (χ0v) is 19.5. The number of nitrogens with one attached hydrogen (secondary N) is 2. The molecule has 1 atom stereocenters. The fraction of sp³-hybridized carbons (Fsp3) is 0.280. The number of aromatic hydroxyl groups is 1. The predicted molar refractivity (Wildman–Crippen MR) is 130 cm³/mol. The molecule has 0 radical (unpaired) electrons. The normalized spacial score (nSPS) is 17.2. The number of anilines is 3. The van der Waals surface area contributed by atoms with Crippen molar-refractivity contribution in [1.82, 2.24) is 0 Å². The van der Waals surface area contributed by atoms with Crippen LogP contribution in [0.3, 0.4) is 0 Å². The Morgan fingerprint density at radius 2 is 1.91 bits per heavy atom. The van der Waals surface area contributed by atoms with Gasteiger partial charge in [-0.3, -0.25) is 15.1 Å². The summed E-state index contributed by atoms with van der Waals surface area (Å²) in [6.07, 6.45) is 2.46. The van der Waals surface area contributed by atoms with Crippen LogP contribution >= 0.6 is 11.3 Å². The van der Waals surface area contributed by atoms with Crippen molar-refractivity contribution in [2.75, 3.05) is 10.2 Å². The Hall–Kier alpha value is -3.32. The molecule has 0 fully saturated rings. The van der Waals surface area contributed by atoms with E-state index in [1.54, 1.807) is 16.2 Å². The van der Waals surface area contributed by atoms with E-state index in [9.17, 15) is 9.90 Å². The summed E-state index contributed by atoms with van der Waals surface area (Å²) in [7, 11) is 0. The lowest BCUT2D eigenvalue weighted by atomic mass is 9.86. The topological polar surface area (TPSA) is 85.7 Å². The number of fused-ring (bicyclic) bond motifs is 1. The zero-order chi connectivity index (χ0) is 23.0. The van der Waals surface area contributed by atoms with Gasteiger partial charge in [-0.2, -0.15) is 0 Å². The van der Waals surface area contributed by atoms with Crippen LogP contribution < -0.4 is 15.0 Å². The maximum Gasteiger partial charge on any atom is 0.268 e. The molecule has 2 aromatic carbocycles. The quantitative estimate of drug-likeness (QED) is 0.337. The lowest BCUT2D eigenvalue weighted by Crippen LogP contribution is -2.48. The van der Waals surface area contributed by atoms with Gasteiger partial charge in [-0.05, 0) is 92.6 Å². The Labute approximate surface area is 192 Å². The number of hydrogen-bond acceptors (Lipinski definition) is 5. The first-order valence-corrected chi connectivity index (χ1v) is 11.4. The Bertz CT molecular complexity index is 1170. The molecule has 1 aliphatic heterocycles. The Morgan fingerprint density at radius 1 is 1.19 bits per heavy atom. The molecule has 3 aromatic rings. The molecule has 3 N–H and O–H groups in total. The first-order valence-electron chi connectivity index (χ1n) is 10.5. The standard InChI is InChI=1S/C25H27N3O3S/c1-15-16(2)23-20(17(3)22(15)29)11-12-25(4,31-23)24(30)27-18-7-9-19(10-8-18)28(14-26)21-6-5-13-32-21/h5-10,13-14,26,29H,11-12H2,1-4H3,(H,27,30). The van der Waals surface area contributed by atoms with Gasteiger partial charge in [0, 0.05) is 23.4 Å². The van der Waals surface area contributed by atoms with Gasteiger partial charge in [0.1, 0.15) is 16.5 Å². The third-order valence-corrected chi connectivity index (χ3v) is 7.14. The highest BCUT2D eigenvalue weighted by molar-refractivity contribution is 7.14. The van der Waals surface area contributed by atoms with Crippen molar-refractivity contribution in [2.24, 2.45) is 0 Å². The molecule has 7 heteroatoms. The maximum atomic E-state index is 13.2. The third kappa shape index (κ3) is 3.73. The van der Waals surface area contributed by atoms with Gasteiger partial charge >= 0.3 is 0 Å². The van der Waals surface area contributed by atoms with E-state index >= 15 is 0 Å². The first-order chi connectivity index (χ1) is 15.2. The van der Waals surface area contributed by atoms with Crippen LogP contribution in [0.2, 0.25) is 0 Å². The number of hydrogen-bond donors (Lipinski definition) is 3. The van der Waals surface area contributed by atoms with E-state index in [0.29, 0.717) is 30.0 Å². The first kappa shape index (κ1) is 21.9. The average molecular weight is 450 g/mol. The van der Waals surface area contributed by atoms with Crippen LogP contribution in [0.5, 0.6) is 11.5 Å². The zero-order valence-electron chi connectivity index (χ0n) is 18.7. The fourth-order valence-electron chi connectivity index (χ4n) is 4.05. The van der Waals surface area contributed by atoms with Crippen molar-refractivity contribution in [3.05, 3.63) is 64.0 Å². The van der Waals surface area contributed by atoms with E-state index < -0.39 is 5.60 Å². The summed E-state index contributed by atoms with van der Waals surface area (Å²) in [6, 6.07) is 11.3. The number of phenols is 1. The predicted octanol–water partition coefficient (Wildman–Crippen LogP) is 5.85. The second kappa shape index (κ2) is 8.31. The second-order valence-corrected chi connectivity index (χ2v) is 9.24. The van der Waals surface area contributed by atoms with Crippen LogP contribution in [-0.4, -0.2) is 23.0 Å². The van der Waals surface area contributed by atoms with Crippen molar-refractivity contribution in [1.29, 1.82) is 5.41 Å². The van der Waals surface area contributed by atoms with Crippen LogP contribution in [0.15, 0.2) is 41.8 Å². The summed E-state index contributed by atoms with van der Waals surface area (Å²) in [5, 5.41) is 24.0. The number of amides is 1.